The van der Waals surface area contributed by atoms with Gasteiger partial charge in [0, 0.05) is 22.4 Å². The number of hydrogen-bond donors (Lipinski definition) is 2. The molecule has 0 fully saturated rings. The van der Waals surface area contributed by atoms with E-state index in [-0.39, 0.29) is 17.8 Å². The summed E-state index contributed by atoms with van der Waals surface area (Å²) in [5.41, 5.74) is 8.36. The zero-order chi connectivity index (χ0) is 22.2. The van der Waals surface area contributed by atoms with Crippen LogP contribution in [0.3, 0.4) is 0 Å². The minimum Gasteiger partial charge on any atom is -0.383 e. The van der Waals surface area contributed by atoms with Crippen LogP contribution in [-0.2, 0) is 22.6 Å². The Labute approximate surface area is 194 Å². The van der Waals surface area contributed by atoms with Gasteiger partial charge in [-0.3, -0.25) is 4.79 Å². The van der Waals surface area contributed by atoms with Gasteiger partial charge in [0.2, 0.25) is 5.91 Å². The Morgan fingerprint density at radius 2 is 2.06 bits per heavy atom. The van der Waals surface area contributed by atoms with Crippen LogP contribution < -0.4 is 11.1 Å². The summed E-state index contributed by atoms with van der Waals surface area (Å²) >= 11 is 2.90. The number of fused-ring (bicyclic) bond motifs is 4. The van der Waals surface area contributed by atoms with Crippen molar-refractivity contribution < 1.29 is 9.53 Å². The average Bonchev–Trinajstić information content (AvgIpc) is 3.16. The first-order valence-electron chi connectivity index (χ1n) is 10.6. The molecule has 2 aromatic heterocycles. The molecule has 5 rings (SSSR count). The van der Waals surface area contributed by atoms with Crippen molar-refractivity contribution in [1.82, 2.24) is 9.97 Å². The number of carbonyl (C=O) groups excluding carboxylic acids is 1. The fourth-order valence-electron chi connectivity index (χ4n) is 4.03. The van der Waals surface area contributed by atoms with Crippen molar-refractivity contribution in [3.63, 3.8) is 0 Å². The number of hydrogen-bond acceptors (Lipinski definition) is 7. The average molecular weight is 465 g/mol. The third-order valence-corrected chi connectivity index (χ3v) is 7.66. The lowest BCUT2D eigenvalue weighted by Crippen LogP contribution is -2.26. The van der Waals surface area contributed by atoms with Crippen molar-refractivity contribution in [2.45, 2.75) is 38.1 Å². The number of nitrogens with zero attached hydrogens (tertiary/aromatic N) is 2. The first-order chi connectivity index (χ1) is 15.5. The molecule has 0 spiro atoms. The zero-order valence-corrected chi connectivity index (χ0v) is 19.6. The van der Waals surface area contributed by atoms with Crippen LogP contribution in [-0.4, -0.2) is 27.7 Å². The molecule has 0 radical (unpaired) electrons. The van der Waals surface area contributed by atoms with E-state index in [2.05, 4.69) is 24.1 Å². The number of anilines is 2. The van der Waals surface area contributed by atoms with Crippen molar-refractivity contribution >= 4 is 61.5 Å². The molecule has 6 nitrogen and oxygen atoms in total. The van der Waals surface area contributed by atoms with E-state index in [9.17, 15) is 4.79 Å². The second-order valence-corrected chi connectivity index (χ2v) is 10.3. The number of nitrogen functional groups attached to an aromatic ring is 1. The lowest BCUT2D eigenvalue weighted by molar-refractivity contribution is -0.113. The highest BCUT2D eigenvalue weighted by molar-refractivity contribution is 7.99. The van der Waals surface area contributed by atoms with Crippen molar-refractivity contribution in [2.75, 3.05) is 16.8 Å². The quantitative estimate of drug-likeness (QED) is 0.309. The molecule has 1 aliphatic heterocycles. The van der Waals surface area contributed by atoms with E-state index in [1.54, 1.807) is 11.3 Å². The van der Waals surface area contributed by atoms with Gasteiger partial charge < -0.3 is 15.8 Å². The summed E-state index contributed by atoms with van der Waals surface area (Å²) in [6, 6.07) is 13.9. The number of ether oxygens (including phenoxy) is 1. The molecule has 8 heteroatoms. The van der Waals surface area contributed by atoms with Crippen molar-refractivity contribution in [2.24, 2.45) is 5.92 Å². The molecule has 0 aliphatic carbocycles. The van der Waals surface area contributed by atoms with Gasteiger partial charge in [0.15, 0.2) is 5.16 Å². The van der Waals surface area contributed by atoms with Crippen molar-refractivity contribution in [1.29, 1.82) is 0 Å². The number of thiophene rings is 1. The maximum absolute atomic E-state index is 12.6. The van der Waals surface area contributed by atoms with Crippen LogP contribution >= 0.6 is 23.1 Å². The SMILES string of the molecule is CC(C)[C@H]1Cc2c(sc3nc(SCC(=O)Nc4cccc5ccccc45)nc(N)c23)CO1. The first-order valence-corrected chi connectivity index (χ1v) is 12.4. The summed E-state index contributed by atoms with van der Waals surface area (Å²) in [6.07, 6.45) is 1.02. The van der Waals surface area contributed by atoms with E-state index >= 15 is 0 Å². The lowest BCUT2D eigenvalue weighted by Gasteiger charge is -2.26. The van der Waals surface area contributed by atoms with Crippen LogP contribution in [0.4, 0.5) is 11.5 Å². The molecule has 0 saturated carbocycles. The normalized spacial score (nSPS) is 15.9. The minimum atomic E-state index is -0.104. The van der Waals surface area contributed by atoms with Gasteiger partial charge in [-0.2, -0.15) is 0 Å². The minimum absolute atomic E-state index is 0.104. The van der Waals surface area contributed by atoms with E-state index in [1.807, 2.05) is 42.5 Å². The number of aromatic nitrogens is 2. The summed E-state index contributed by atoms with van der Waals surface area (Å²) in [7, 11) is 0. The highest BCUT2D eigenvalue weighted by Gasteiger charge is 2.27. The van der Waals surface area contributed by atoms with E-state index in [4.69, 9.17) is 15.5 Å². The number of nitrogens with two attached hydrogens (primary N) is 1. The first kappa shape index (κ1) is 21.2. The van der Waals surface area contributed by atoms with Crippen LogP contribution in [0.25, 0.3) is 21.0 Å². The number of benzene rings is 2. The Morgan fingerprint density at radius 3 is 2.91 bits per heavy atom. The highest BCUT2D eigenvalue weighted by atomic mass is 32.2. The van der Waals surface area contributed by atoms with Gasteiger partial charge >= 0.3 is 0 Å². The molecule has 164 valence electrons. The third-order valence-electron chi connectivity index (χ3n) is 5.71. The Balaban J connectivity index is 1.32. The molecule has 1 atom stereocenters. The fourth-order valence-corrected chi connectivity index (χ4v) is 5.87. The zero-order valence-electron chi connectivity index (χ0n) is 17.9. The van der Waals surface area contributed by atoms with Gasteiger partial charge in [-0.05, 0) is 22.9 Å². The Morgan fingerprint density at radius 1 is 1.25 bits per heavy atom. The Kier molecular flexibility index (Phi) is 5.75. The van der Waals surface area contributed by atoms with Crippen LogP contribution in [0.5, 0.6) is 0 Å². The van der Waals surface area contributed by atoms with Gasteiger partial charge in [-0.25, -0.2) is 9.97 Å². The largest absolute Gasteiger partial charge is 0.383 e. The second kappa shape index (κ2) is 8.69. The van der Waals surface area contributed by atoms with E-state index in [0.717, 1.165) is 33.1 Å². The smallest absolute Gasteiger partial charge is 0.234 e. The number of rotatable bonds is 5. The van der Waals surface area contributed by atoms with Gasteiger partial charge in [0.05, 0.1) is 23.8 Å². The standard InChI is InChI=1S/C24H24N4O2S2/c1-13(2)18-10-16-19(11-30-18)32-23-21(16)22(25)27-24(28-23)31-12-20(29)26-17-9-5-7-14-6-3-4-8-15(14)17/h3-9,13,18H,10-12H2,1-2H3,(H,26,29)(H2,25,27,28)/t18-/m1/s1. The lowest BCUT2D eigenvalue weighted by atomic mass is 9.96. The van der Waals surface area contributed by atoms with E-state index in [0.29, 0.717) is 23.5 Å². The molecule has 32 heavy (non-hydrogen) atoms. The number of carbonyl (C=O) groups is 1. The molecular formula is C24H24N4O2S2. The molecule has 3 N–H and O–H groups in total. The topological polar surface area (TPSA) is 90.1 Å². The molecular weight excluding hydrogens is 440 g/mol. The Bertz CT molecular complexity index is 1310. The predicted octanol–water partition coefficient (Wildman–Crippen LogP) is 5.25. The van der Waals surface area contributed by atoms with Crippen molar-refractivity contribution in [3.8, 4) is 0 Å². The molecule has 3 heterocycles. The Hall–Kier alpha value is -2.68. The van der Waals surface area contributed by atoms with Crippen LogP contribution in [0.2, 0.25) is 0 Å². The van der Waals surface area contributed by atoms with Crippen molar-refractivity contribution in [3.05, 3.63) is 52.9 Å². The number of nitrogens with one attached hydrogen (secondary N) is 1. The highest BCUT2D eigenvalue weighted by Crippen LogP contribution is 2.39. The molecule has 1 amide bonds. The van der Waals surface area contributed by atoms with Gasteiger partial charge in [-0.15, -0.1) is 11.3 Å². The van der Waals surface area contributed by atoms with Crippen LogP contribution in [0.15, 0.2) is 47.6 Å². The summed E-state index contributed by atoms with van der Waals surface area (Å²) in [5.74, 6) is 1.02. The molecule has 0 bridgehead atoms. The monoisotopic (exact) mass is 464 g/mol. The van der Waals surface area contributed by atoms with E-state index in [1.165, 1.54) is 22.2 Å². The van der Waals surface area contributed by atoms with E-state index < -0.39 is 0 Å². The van der Waals surface area contributed by atoms with Gasteiger partial charge in [0.1, 0.15) is 10.6 Å². The number of amides is 1. The van der Waals surface area contributed by atoms with Crippen LogP contribution in [0.1, 0.15) is 24.3 Å². The third kappa shape index (κ3) is 4.05. The maximum atomic E-state index is 12.6. The van der Waals surface area contributed by atoms with Gasteiger partial charge in [0.25, 0.3) is 0 Å². The molecule has 0 saturated heterocycles. The maximum Gasteiger partial charge on any atom is 0.234 e. The molecule has 1 aliphatic rings. The summed E-state index contributed by atoms with van der Waals surface area (Å²) in [5, 5.41) is 6.57. The molecule has 4 aromatic rings. The number of thioether (sulfide) groups is 1. The predicted molar refractivity (Wildman–Crippen MR) is 132 cm³/mol. The summed E-state index contributed by atoms with van der Waals surface area (Å²) < 4.78 is 5.99. The summed E-state index contributed by atoms with van der Waals surface area (Å²) in [6.45, 7) is 4.93. The van der Waals surface area contributed by atoms with Gasteiger partial charge in [-0.1, -0.05) is 62.0 Å². The molecule has 2 aromatic carbocycles. The molecule has 0 unspecified atom stereocenters. The fraction of sp³-hybridized carbons (Fsp3) is 0.292. The van der Waals surface area contributed by atoms with Crippen LogP contribution in [0, 0.1) is 5.92 Å². The summed E-state index contributed by atoms with van der Waals surface area (Å²) in [4.78, 5) is 23.8. The second-order valence-electron chi connectivity index (χ2n) is 8.24.